The molecular weight excluding hydrogens is 172 g/mol. The van der Waals surface area contributed by atoms with Crippen molar-refractivity contribution in [3.8, 4) is 0 Å². The van der Waals surface area contributed by atoms with Gasteiger partial charge in [0.1, 0.15) is 0 Å². The van der Waals surface area contributed by atoms with Crippen LogP contribution in [-0.2, 0) is 13.5 Å². The van der Waals surface area contributed by atoms with Crippen molar-refractivity contribution in [2.75, 3.05) is 5.88 Å². The van der Waals surface area contributed by atoms with E-state index in [0.717, 1.165) is 18.7 Å². The summed E-state index contributed by atoms with van der Waals surface area (Å²) in [5, 5.41) is 0. The first-order valence-electron chi connectivity index (χ1n) is 4.35. The molecule has 1 rings (SSSR count). The second-order valence-electron chi connectivity index (χ2n) is 3.00. The van der Waals surface area contributed by atoms with E-state index < -0.39 is 0 Å². The molecule has 0 radical (unpaired) electrons. The van der Waals surface area contributed by atoms with E-state index in [9.17, 15) is 0 Å². The number of unbranched alkanes of at least 4 members (excludes halogenated alkanes) is 2. The van der Waals surface area contributed by atoms with Gasteiger partial charge < -0.3 is 4.57 Å². The number of alkyl halides is 1. The number of aryl methyl sites for hydroxylation is 2. The minimum absolute atomic E-state index is 0.783. The SMILES string of the molecule is Cn1cncc1CCCCCCl. The second-order valence-corrected chi connectivity index (χ2v) is 3.37. The van der Waals surface area contributed by atoms with Gasteiger partial charge in [-0.2, -0.15) is 0 Å². The molecule has 0 aromatic carbocycles. The van der Waals surface area contributed by atoms with Gasteiger partial charge in [0.05, 0.1) is 6.33 Å². The van der Waals surface area contributed by atoms with Crippen LogP contribution in [0.1, 0.15) is 25.0 Å². The van der Waals surface area contributed by atoms with Crippen LogP contribution in [-0.4, -0.2) is 15.4 Å². The monoisotopic (exact) mass is 186 g/mol. The molecule has 0 fully saturated rings. The van der Waals surface area contributed by atoms with E-state index >= 15 is 0 Å². The maximum Gasteiger partial charge on any atom is 0.0945 e. The molecule has 0 aliphatic heterocycles. The van der Waals surface area contributed by atoms with Crippen molar-refractivity contribution in [2.45, 2.75) is 25.7 Å². The van der Waals surface area contributed by atoms with Crippen LogP contribution in [0.25, 0.3) is 0 Å². The highest BCUT2D eigenvalue weighted by atomic mass is 35.5. The zero-order valence-electron chi connectivity index (χ0n) is 7.46. The van der Waals surface area contributed by atoms with Crippen molar-refractivity contribution in [2.24, 2.45) is 7.05 Å². The molecule has 0 amide bonds. The maximum absolute atomic E-state index is 5.58. The van der Waals surface area contributed by atoms with Crippen LogP contribution in [0, 0.1) is 0 Å². The maximum atomic E-state index is 5.58. The molecule has 1 aromatic heterocycles. The molecule has 0 aliphatic carbocycles. The molecule has 0 aliphatic rings. The van der Waals surface area contributed by atoms with Gasteiger partial charge in [-0.15, -0.1) is 11.6 Å². The Balaban J connectivity index is 2.20. The molecule has 2 nitrogen and oxygen atoms in total. The molecule has 0 saturated carbocycles. The van der Waals surface area contributed by atoms with Crippen LogP contribution in [0.15, 0.2) is 12.5 Å². The van der Waals surface area contributed by atoms with Crippen molar-refractivity contribution in [3.63, 3.8) is 0 Å². The Morgan fingerprint density at radius 3 is 2.83 bits per heavy atom. The van der Waals surface area contributed by atoms with Gasteiger partial charge in [-0.3, -0.25) is 0 Å². The Morgan fingerprint density at radius 1 is 1.42 bits per heavy atom. The molecule has 0 saturated heterocycles. The number of hydrogen-bond acceptors (Lipinski definition) is 1. The minimum atomic E-state index is 0.783. The van der Waals surface area contributed by atoms with Crippen LogP contribution in [0.2, 0.25) is 0 Å². The molecule has 1 aromatic rings. The fourth-order valence-corrected chi connectivity index (χ4v) is 1.39. The molecular formula is C9H15ClN2. The Morgan fingerprint density at radius 2 is 2.25 bits per heavy atom. The summed E-state index contributed by atoms with van der Waals surface area (Å²) in [6.07, 6.45) is 8.45. The van der Waals surface area contributed by atoms with Gasteiger partial charge in [0.15, 0.2) is 0 Å². The van der Waals surface area contributed by atoms with Gasteiger partial charge in [0.2, 0.25) is 0 Å². The fourth-order valence-electron chi connectivity index (χ4n) is 1.20. The van der Waals surface area contributed by atoms with Gasteiger partial charge >= 0.3 is 0 Å². The van der Waals surface area contributed by atoms with Crippen LogP contribution in [0.4, 0.5) is 0 Å². The number of imidazole rings is 1. The number of halogens is 1. The van der Waals surface area contributed by atoms with E-state index in [0.29, 0.717) is 0 Å². The molecule has 12 heavy (non-hydrogen) atoms. The first-order valence-corrected chi connectivity index (χ1v) is 4.89. The molecule has 3 heteroatoms. The van der Waals surface area contributed by atoms with E-state index in [1.807, 2.05) is 19.6 Å². The van der Waals surface area contributed by atoms with E-state index in [1.54, 1.807) is 0 Å². The largest absolute Gasteiger partial charge is 0.338 e. The lowest BCUT2D eigenvalue weighted by Gasteiger charge is -2.00. The molecule has 0 bridgehead atoms. The molecule has 68 valence electrons. The average molecular weight is 187 g/mol. The number of nitrogens with zero attached hydrogens (tertiary/aromatic N) is 2. The third kappa shape index (κ3) is 2.86. The lowest BCUT2D eigenvalue weighted by molar-refractivity contribution is 0.688. The standard InChI is InChI=1S/C9H15ClN2/c1-12-8-11-7-9(12)5-3-2-4-6-10/h7-8H,2-6H2,1H3. The third-order valence-corrected chi connectivity index (χ3v) is 2.25. The summed E-state index contributed by atoms with van der Waals surface area (Å²) < 4.78 is 2.07. The summed E-state index contributed by atoms with van der Waals surface area (Å²) in [5.74, 6) is 0.783. The summed E-state index contributed by atoms with van der Waals surface area (Å²) in [6, 6.07) is 0. The number of hydrogen-bond donors (Lipinski definition) is 0. The van der Waals surface area contributed by atoms with Crippen molar-refractivity contribution in [1.29, 1.82) is 0 Å². The van der Waals surface area contributed by atoms with Gasteiger partial charge in [-0.25, -0.2) is 4.98 Å². The third-order valence-electron chi connectivity index (χ3n) is 1.98. The van der Waals surface area contributed by atoms with E-state index in [1.165, 1.54) is 18.5 Å². The zero-order valence-corrected chi connectivity index (χ0v) is 8.22. The fraction of sp³-hybridized carbons (Fsp3) is 0.667. The van der Waals surface area contributed by atoms with Gasteiger partial charge in [0.25, 0.3) is 0 Å². The molecule has 0 unspecified atom stereocenters. The first-order chi connectivity index (χ1) is 5.84. The Hall–Kier alpha value is -0.500. The van der Waals surface area contributed by atoms with Crippen LogP contribution >= 0.6 is 11.6 Å². The summed E-state index contributed by atoms with van der Waals surface area (Å²) in [7, 11) is 2.03. The first kappa shape index (κ1) is 9.59. The Labute approximate surface area is 78.6 Å². The Bertz CT molecular complexity index is 220. The van der Waals surface area contributed by atoms with Crippen molar-refractivity contribution in [3.05, 3.63) is 18.2 Å². The smallest absolute Gasteiger partial charge is 0.0945 e. The van der Waals surface area contributed by atoms with E-state index in [2.05, 4.69) is 9.55 Å². The van der Waals surface area contributed by atoms with Gasteiger partial charge in [-0.05, 0) is 19.3 Å². The summed E-state index contributed by atoms with van der Waals surface area (Å²) in [4.78, 5) is 4.06. The average Bonchev–Trinajstić information content (AvgIpc) is 2.46. The van der Waals surface area contributed by atoms with Crippen LogP contribution in [0.3, 0.4) is 0 Å². The molecule has 1 heterocycles. The predicted octanol–water partition coefficient (Wildman–Crippen LogP) is 2.37. The lowest BCUT2D eigenvalue weighted by Crippen LogP contribution is -1.94. The molecule has 0 atom stereocenters. The van der Waals surface area contributed by atoms with E-state index in [-0.39, 0.29) is 0 Å². The zero-order chi connectivity index (χ0) is 8.81. The topological polar surface area (TPSA) is 17.8 Å². The quantitative estimate of drug-likeness (QED) is 0.510. The van der Waals surface area contributed by atoms with Crippen molar-refractivity contribution in [1.82, 2.24) is 9.55 Å². The van der Waals surface area contributed by atoms with Crippen LogP contribution in [0.5, 0.6) is 0 Å². The Kier molecular flexibility index (Phi) is 4.15. The normalized spacial score (nSPS) is 10.5. The molecule has 0 spiro atoms. The van der Waals surface area contributed by atoms with Gasteiger partial charge in [-0.1, -0.05) is 6.42 Å². The summed E-state index contributed by atoms with van der Waals surface area (Å²) in [5.41, 5.74) is 1.31. The van der Waals surface area contributed by atoms with Gasteiger partial charge in [0, 0.05) is 24.8 Å². The lowest BCUT2D eigenvalue weighted by atomic mass is 10.2. The highest BCUT2D eigenvalue weighted by Gasteiger charge is 1.96. The second kappa shape index (κ2) is 5.20. The number of rotatable bonds is 5. The van der Waals surface area contributed by atoms with E-state index in [4.69, 9.17) is 11.6 Å². The highest BCUT2D eigenvalue weighted by Crippen LogP contribution is 2.05. The minimum Gasteiger partial charge on any atom is -0.338 e. The molecule has 0 N–H and O–H groups in total. The van der Waals surface area contributed by atoms with Crippen molar-refractivity contribution < 1.29 is 0 Å². The highest BCUT2D eigenvalue weighted by molar-refractivity contribution is 6.17. The predicted molar refractivity (Wildman–Crippen MR) is 51.5 cm³/mol. The number of aromatic nitrogens is 2. The van der Waals surface area contributed by atoms with Crippen LogP contribution < -0.4 is 0 Å². The van der Waals surface area contributed by atoms with Crippen molar-refractivity contribution >= 4 is 11.6 Å². The summed E-state index contributed by atoms with van der Waals surface area (Å²) >= 11 is 5.58. The summed E-state index contributed by atoms with van der Waals surface area (Å²) in [6.45, 7) is 0.